The SMILES string of the molecule is CCCSc1c(CO)ccc2c1sc1nc3n(c(=O)c12)CCCCC3. The first-order chi connectivity index (χ1) is 12.2. The highest BCUT2D eigenvalue weighted by molar-refractivity contribution is 7.99. The van der Waals surface area contributed by atoms with Crippen LogP contribution in [0.3, 0.4) is 0 Å². The molecule has 25 heavy (non-hydrogen) atoms. The Balaban J connectivity index is 2.01. The molecule has 4 rings (SSSR count). The van der Waals surface area contributed by atoms with Crippen molar-refractivity contribution in [2.24, 2.45) is 0 Å². The average Bonchev–Trinajstić information content (AvgIpc) is 2.82. The topological polar surface area (TPSA) is 55.1 Å². The number of thiophene rings is 1. The molecule has 1 aliphatic rings. The Bertz CT molecular complexity index is 991. The molecule has 132 valence electrons. The maximum atomic E-state index is 13.2. The monoisotopic (exact) mass is 374 g/mol. The van der Waals surface area contributed by atoms with Crippen molar-refractivity contribution < 1.29 is 5.11 Å². The Hall–Kier alpha value is -1.37. The molecule has 2 aromatic heterocycles. The Kier molecular flexibility index (Phi) is 4.84. The van der Waals surface area contributed by atoms with Crippen molar-refractivity contribution >= 4 is 43.4 Å². The van der Waals surface area contributed by atoms with Gasteiger partial charge in [-0.05, 0) is 30.6 Å². The summed E-state index contributed by atoms with van der Waals surface area (Å²) in [6.45, 7) is 2.96. The molecule has 0 fully saturated rings. The number of rotatable bonds is 4. The molecule has 0 atom stereocenters. The maximum absolute atomic E-state index is 13.2. The molecule has 4 nitrogen and oxygen atoms in total. The summed E-state index contributed by atoms with van der Waals surface area (Å²) in [4.78, 5) is 20.0. The summed E-state index contributed by atoms with van der Waals surface area (Å²) in [6.07, 6.45) is 5.28. The first-order valence-corrected chi connectivity index (χ1v) is 10.8. The van der Waals surface area contributed by atoms with E-state index in [0.29, 0.717) is 0 Å². The number of aliphatic hydroxyl groups is 1. The zero-order valence-electron chi connectivity index (χ0n) is 14.4. The Morgan fingerprint density at radius 1 is 1.32 bits per heavy atom. The number of aryl methyl sites for hydroxylation is 1. The highest BCUT2D eigenvalue weighted by Crippen LogP contribution is 2.40. The highest BCUT2D eigenvalue weighted by atomic mass is 32.2. The molecule has 0 saturated carbocycles. The van der Waals surface area contributed by atoms with Gasteiger partial charge in [0.25, 0.3) is 5.56 Å². The van der Waals surface area contributed by atoms with Gasteiger partial charge in [-0.3, -0.25) is 9.36 Å². The van der Waals surface area contributed by atoms with Crippen molar-refractivity contribution in [1.82, 2.24) is 9.55 Å². The largest absolute Gasteiger partial charge is 0.392 e. The lowest BCUT2D eigenvalue weighted by atomic mass is 10.1. The first kappa shape index (κ1) is 17.1. The van der Waals surface area contributed by atoms with Gasteiger partial charge in [0.15, 0.2) is 0 Å². The minimum atomic E-state index is 0.0269. The lowest BCUT2D eigenvalue weighted by Crippen LogP contribution is -2.23. The van der Waals surface area contributed by atoms with Gasteiger partial charge in [0.2, 0.25) is 0 Å². The predicted molar refractivity (Wildman–Crippen MR) is 106 cm³/mol. The van der Waals surface area contributed by atoms with Gasteiger partial charge < -0.3 is 5.11 Å². The number of benzene rings is 1. The average molecular weight is 375 g/mol. The van der Waals surface area contributed by atoms with Gasteiger partial charge in [-0.2, -0.15) is 0 Å². The molecule has 0 spiro atoms. The van der Waals surface area contributed by atoms with E-state index in [4.69, 9.17) is 4.98 Å². The van der Waals surface area contributed by atoms with Crippen LogP contribution in [0.15, 0.2) is 21.8 Å². The Morgan fingerprint density at radius 3 is 3.00 bits per heavy atom. The van der Waals surface area contributed by atoms with E-state index in [-0.39, 0.29) is 12.2 Å². The molecular weight excluding hydrogens is 352 g/mol. The molecule has 0 amide bonds. The van der Waals surface area contributed by atoms with Gasteiger partial charge in [0.1, 0.15) is 10.7 Å². The van der Waals surface area contributed by atoms with Crippen molar-refractivity contribution in [3.63, 3.8) is 0 Å². The van der Waals surface area contributed by atoms with E-state index < -0.39 is 0 Å². The number of fused-ring (bicyclic) bond motifs is 4. The normalized spacial score (nSPS) is 14.8. The molecule has 1 N–H and O–H groups in total. The summed E-state index contributed by atoms with van der Waals surface area (Å²) in [5.74, 6) is 1.94. The standard InChI is InChI=1S/C19H22N2O2S2/c1-2-10-24-16-12(11-22)7-8-13-15-18(25-17(13)16)20-14-6-4-3-5-9-21(14)19(15)23/h7-8,22H,2-6,9-11H2,1H3. The summed E-state index contributed by atoms with van der Waals surface area (Å²) in [7, 11) is 0. The first-order valence-electron chi connectivity index (χ1n) is 8.96. The summed E-state index contributed by atoms with van der Waals surface area (Å²) in [5.41, 5.74) is 1.05. The maximum Gasteiger partial charge on any atom is 0.262 e. The van der Waals surface area contributed by atoms with Gasteiger partial charge in [-0.1, -0.05) is 25.5 Å². The third kappa shape index (κ3) is 2.90. The fourth-order valence-electron chi connectivity index (χ4n) is 3.52. The van der Waals surface area contributed by atoms with Crippen molar-refractivity contribution in [1.29, 1.82) is 0 Å². The summed E-state index contributed by atoms with van der Waals surface area (Å²) in [6, 6.07) is 3.95. The number of aliphatic hydroxyl groups excluding tert-OH is 1. The van der Waals surface area contributed by atoms with Gasteiger partial charge >= 0.3 is 0 Å². The number of hydrogen-bond acceptors (Lipinski definition) is 5. The number of nitrogens with zero attached hydrogens (tertiary/aromatic N) is 2. The molecule has 0 aliphatic carbocycles. The smallest absolute Gasteiger partial charge is 0.262 e. The lowest BCUT2D eigenvalue weighted by Gasteiger charge is -2.09. The van der Waals surface area contributed by atoms with E-state index in [9.17, 15) is 9.90 Å². The van der Waals surface area contributed by atoms with E-state index >= 15 is 0 Å². The Morgan fingerprint density at radius 2 is 2.20 bits per heavy atom. The lowest BCUT2D eigenvalue weighted by molar-refractivity contribution is 0.279. The minimum Gasteiger partial charge on any atom is -0.392 e. The molecular formula is C19H22N2O2S2. The summed E-state index contributed by atoms with van der Waals surface area (Å²) in [5, 5.41) is 11.5. The second-order valence-electron chi connectivity index (χ2n) is 6.51. The highest BCUT2D eigenvalue weighted by Gasteiger charge is 2.20. The summed E-state index contributed by atoms with van der Waals surface area (Å²) < 4.78 is 2.99. The second kappa shape index (κ2) is 7.09. The fourth-order valence-corrected chi connectivity index (χ4v) is 5.93. The van der Waals surface area contributed by atoms with Crippen LogP contribution in [0.25, 0.3) is 20.3 Å². The van der Waals surface area contributed by atoms with E-state index in [0.717, 1.165) is 81.0 Å². The van der Waals surface area contributed by atoms with Crippen LogP contribution in [-0.2, 0) is 19.6 Å². The van der Waals surface area contributed by atoms with E-state index in [2.05, 4.69) is 6.92 Å². The molecule has 3 heterocycles. The summed E-state index contributed by atoms with van der Waals surface area (Å²) >= 11 is 3.38. The van der Waals surface area contributed by atoms with Gasteiger partial charge in [0, 0.05) is 23.2 Å². The van der Waals surface area contributed by atoms with Crippen LogP contribution in [-0.4, -0.2) is 20.4 Å². The minimum absolute atomic E-state index is 0.0269. The van der Waals surface area contributed by atoms with Crippen LogP contribution < -0.4 is 5.56 Å². The molecule has 3 aromatic rings. The molecule has 0 bridgehead atoms. The van der Waals surface area contributed by atoms with Crippen molar-refractivity contribution in [2.45, 2.75) is 57.1 Å². The van der Waals surface area contributed by atoms with Gasteiger partial charge in [0.05, 0.1) is 16.7 Å². The zero-order chi connectivity index (χ0) is 17.4. The van der Waals surface area contributed by atoms with E-state index in [1.54, 1.807) is 23.1 Å². The molecule has 6 heteroatoms. The molecule has 1 aromatic carbocycles. The van der Waals surface area contributed by atoms with Crippen molar-refractivity contribution in [2.75, 3.05) is 5.75 Å². The van der Waals surface area contributed by atoms with E-state index in [1.807, 2.05) is 16.7 Å². The third-order valence-electron chi connectivity index (χ3n) is 4.78. The van der Waals surface area contributed by atoms with Crippen LogP contribution in [0.4, 0.5) is 0 Å². The molecule has 0 unspecified atom stereocenters. The van der Waals surface area contributed by atoms with Crippen LogP contribution in [0.2, 0.25) is 0 Å². The van der Waals surface area contributed by atoms with Crippen LogP contribution in [0.5, 0.6) is 0 Å². The number of aromatic nitrogens is 2. The Labute approximate surface area is 154 Å². The second-order valence-corrected chi connectivity index (χ2v) is 8.62. The van der Waals surface area contributed by atoms with Gasteiger partial charge in [-0.25, -0.2) is 4.98 Å². The zero-order valence-corrected chi connectivity index (χ0v) is 16.0. The van der Waals surface area contributed by atoms with Gasteiger partial charge in [-0.15, -0.1) is 23.1 Å². The number of thioether (sulfide) groups is 1. The quantitative estimate of drug-likeness (QED) is 0.691. The van der Waals surface area contributed by atoms with Crippen LogP contribution in [0, 0.1) is 0 Å². The third-order valence-corrected chi connectivity index (χ3v) is 7.39. The predicted octanol–water partition coefficient (Wildman–Crippen LogP) is 4.33. The van der Waals surface area contributed by atoms with E-state index in [1.165, 1.54) is 0 Å². The molecule has 0 radical (unpaired) electrons. The van der Waals surface area contributed by atoms with Crippen LogP contribution in [0.1, 0.15) is 44.0 Å². The molecule has 0 saturated heterocycles. The van der Waals surface area contributed by atoms with Crippen molar-refractivity contribution in [3.8, 4) is 0 Å². The molecule has 1 aliphatic heterocycles. The van der Waals surface area contributed by atoms with Crippen LogP contribution >= 0.6 is 23.1 Å². The number of hydrogen-bond donors (Lipinski definition) is 1. The van der Waals surface area contributed by atoms with Crippen molar-refractivity contribution in [3.05, 3.63) is 33.9 Å². The fraction of sp³-hybridized carbons (Fsp3) is 0.474.